The van der Waals surface area contributed by atoms with E-state index in [0.29, 0.717) is 0 Å². The van der Waals surface area contributed by atoms with Crippen LogP contribution in [-0.4, -0.2) is 5.54 Å². The molecule has 0 spiro atoms. The van der Waals surface area contributed by atoms with Crippen molar-refractivity contribution in [2.24, 2.45) is 0 Å². The lowest BCUT2D eigenvalue weighted by atomic mass is 9.89. The van der Waals surface area contributed by atoms with Crippen LogP contribution in [0.15, 0.2) is 28.7 Å². The fraction of sp³-hybridized carbons (Fsp3) is 0.556. The lowest BCUT2D eigenvalue weighted by Gasteiger charge is -2.32. The molecule has 1 aromatic carbocycles. The van der Waals surface area contributed by atoms with Crippen LogP contribution in [0.4, 0.5) is 0 Å². The minimum atomic E-state index is 0.253. The molecule has 0 amide bonds. The predicted molar refractivity (Wildman–Crippen MR) is 86.0 cm³/mol. The van der Waals surface area contributed by atoms with Gasteiger partial charge in [-0.05, 0) is 25.3 Å². The maximum Gasteiger partial charge on any atom is 0.134 e. The quantitative estimate of drug-likeness (QED) is 0.763. The topological polar surface area (TPSA) is 25.2 Å². The third-order valence-electron chi connectivity index (χ3n) is 4.77. The molecule has 0 unspecified atom stereocenters. The molecule has 0 radical (unpaired) electrons. The molecule has 1 heterocycles. The molecular weight excluding hydrogens is 246 g/mol. The Kier molecular flexibility index (Phi) is 4.87. The second kappa shape index (κ2) is 6.45. The zero-order valence-corrected chi connectivity index (χ0v) is 13.3. The van der Waals surface area contributed by atoms with Crippen LogP contribution in [0.2, 0.25) is 0 Å². The molecule has 2 aromatic rings. The van der Waals surface area contributed by atoms with Crippen molar-refractivity contribution in [3.05, 3.63) is 35.6 Å². The molecule has 2 heteroatoms. The Bertz CT molecular complexity index is 543. The van der Waals surface area contributed by atoms with Crippen LogP contribution in [0.5, 0.6) is 0 Å². The molecule has 0 saturated carbocycles. The van der Waals surface area contributed by atoms with Gasteiger partial charge in [-0.3, -0.25) is 0 Å². The molecule has 20 heavy (non-hydrogen) atoms. The van der Waals surface area contributed by atoms with Gasteiger partial charge in [0.05, 0.1) is 0 Å². The molecule has 2 rings (SSSR count). The summed E-state index contributed by atoms with van der Waals surface area (Å²) in [5.41, 5.74) is 2.60. The Morgan fingerprint density at radius 1 is 1.00 bits per heavy atom. The maximum atomic E-state index is 5.97. The van der Waals surface area contributed by atoms with E-state index in [9.17, 15) is 0 Å². The molecular formula is C18H27NO. The Hall–Kier alpha value is -1.28. The van der Waals surface area contributed by atoms with Gasteiger partial charge >= 0.3 is 0 Å². The van der Waals surface area contributed by atoms with Crippen molar-refractivity contribution in [3.63, 3.8) is 0 Å². The molecule has 0 atom stereocenters. The lowest BCUT2D eigenvalue weighted by molar-refractivity contribution is 0.287. The number of hydrogen-bond donors (Lipinski definition) is 1. The van der Waals surface area contributed by atoms with Crippen molar-refractivity contribution < 1.29 is 4.42 Å². The normalized spacial score (nSPS) is 12.2. The first-order valence-corrected chi connectivity index (χ1v) is 7.94. The van der Waals surface area contributed by atoms with E-state index in [2.05, 4.69) is 51.2 Å². The summed E-state index contributed by atoms with van der Waals surface area (Å²) in [6.45, 7) is 9.88. The van der Waals surface area contributed by atoms with Crippen molar-refractivity contribution in [2.45, 2.75) is 65.5 Å². The summed E-state index contributed by atoms with van der Waals surface area (Å²) >= 11 is 0. The number of benzene rings is 1. The van der Waals surface area contributed by atoms with E-state index in [1.165, 1.54) is 10.9 Å². The summed E-state index contributed by atoms with van der Waals surface area (Å²) in [6.07, 6.45) is 4.44. The Morgan fingerprint density at radius 2 is 1.65 bits per heavy atom. The Labute approximate surface area is 122 Å². The summed E-state index contributed by atoms with van der Waals surface area (Å²) < 4.78 is 5.97. The van der Waals surface area contributed by atoms with E-state index < -0.39 is 0 Å². The fourth-order valence-electron chi connectivity index (χ4n) is 3.03. The van der Waals surface area contributed by atoms with E-state index in [4.69, 9.17) is 4.42 Å². The molecule has 0 bridgehead atoms. The lowest BCUT2D eigenvalue weighted by Crippen LogP contribution is -2.43. The Balaban J connectivity index is 2.29. The van der Waals surface area contributed by atoms with Crippen LogP contribution < -0.4 is 5.32 Å². The largest absolute Gasteiger partial charge is 0.461 e. The number of hydrogen-bond acceptors (Lipinski definition) is 2. The number of aryl methyl sites for hydroxylation is 1. The van der Waals surface area contributed by atoms with Crippen LogP contribution >= 0.6 is 0 Å². The zero-order valence-electron chi connectivity index (χ0n) is 13.3. The van der Waals surface area contributed by atoms with Crippen LogP contribution in [0.3, 0.4) is 0 Å². The molecule has 2 nitrogen and oxygen atoms in total. The first-order chi connectivity index (χ1) is 9.69. The van der Waals surface area contributed by atoms with Crippen LogP contribution in [0.25, 0.3) is 11.0 Å². The van der Waals surface area contributed by atoms with Crippen molar-refractivity contribution >= 4 is 11.0 Å². The molecule has 0 saturated heterocycles. The second-order valence-corrected chi connectivity index (χ2v) is 5.55. The van der Waals surface area contributed by atoms with Crippen molar-refractivity contribution in [1.82, 2.24) is 5.32 Å². The predicted octanol–water partition coefficient (Wildman–Crippen LogP) is 5.05. The molecule has 0 aliphatic carbocycles. The van der Waals surface area contributed by atoms with Gasteiger partial charge in [-0.1, -0.05) is 45.9 Å². The van der Waals surface area contributed by atoms with Gasteiger partial charge in [0.25, 0.3) is 0 Å². The van der Waals surface area contributed by atoms with E-state index in [1.807, 2.05) is 6.07 Å². The minimum absolute atomic E-state index is 0.253. The number of para-hydroxylation sites is 1. The van der Waals surface area contributed by atoms with Gasteiger partial charge in [-0.2, -0.15) is 0 Å². The molecule has 0 aliphatic rings. The van der Waals surface area contributed by atoms with E-state index in [-0.39, 0.29) is 5.54 Å². The van der Waals surface area contributed by atoms with Crippen LogP contribution in [0, 0.1) is 0 Å². The third-order valence-corrected chi connectivity index (χ3v) is 4.77. The van der Waals surface area contributed by atoms with Crippen LogP contribution in [-0.2, 0) is 13.0 Å². The number of fused-ring (bicyclic) bond motifs is 1. The molecule has 1 N–H and O–H groups in total. The third kappa shape index (κ3) is 2.76. The zero-order chi connectivity index (χ0) is 14.6. The van der Waals surface area contributed by atoms with Gasteiger partial charge in [0.2, 0.25) is 0 Å². The van der Waals surface area contributed by atoms with E-state index in [1.54, 1.807) is 0 Å². The highest BCUT2D eigenvalue weighted by Crippen LogP contribution is 2.28. The highest BCUT2D eigenvalue weighted by Gasteiger charge is 2.24. The number of nitrogens with one attached hydrogen (secondary N) is 1. The average Bonchev–Trinajstić information content (AvgIpc) is 2.87. The van der Waals surface area contributed by atoms with Gasteiger partial charge in [0.1, 0.15) is 11.3 Å². The molecule has 0 fully saturated rings. The summed E-state index contributed by atoms with van der Waals surface area (Å²) in [5.74, 6) is 1.12. The maximum absolute atomic E-state index is 5.97. The van der Waals surface area contributed by atoms with Crippen LogP contribution in [0.1, 0.15) is 58.3 Å². The number of furan rings is 1. The van der Waals surface area contributed by atoms with Gasteiger partial charge < -0.3 is 9.73 Å². The Morgan fingerprint density at radius 3 is 2.25 bits per heavy atom. The van der Waals surface area contributed by atoms with Crippen molar-refractivity contribution in [3.8, 4) is 0 Å². The van der Waals surface area contributed by atoms with Gasteiger partial charge in [-0.15, -0.1) is 0 Å². The summed E-state index contributed by atoms with van der Waals surface area (Å²) in [4.78, 5) is 0. The van der Waals surface area contributed by atoms with Crippen molar-refractivity contribution in [2.75, 3.05) is 0 Å². The second-order valence-electron chi connectivity index (χ2n) is 5.55. The van der Waals surface area contributed by atoms with E-state index >= 15 is 0 Å². The average molecular weight is 273 g/mol. The number of rotatable bonds is 7. The monoisotopic (exact) mass is 273 g/mol. The fourth-order valence-corrected chi connectivity index (χ4v) is 3.03. The SMILES string of the molecule is CCc1oc2ccccc2c1CNC(CC)(CC)CC. The standard InChI is InChI=1S/C18H27NO/c1-5-16-15(13-19-18(6-2,7-3)8-4)14-11-9-10-12-17(14)20-16/h9-12,19H,5-8,13H2,1-4H3. The van der Waals surface area contributed by atoms with Crippen molar-refractivity contribution in [1.29, 1.82) is 0 Å². The van der Waals surface area contributed by atoms with E-state index in [0.717, 1.165) is 43.6 Å². The van der Waals surface area contributed by atoms with Gasteiger partial charge in [0.15, 0.2) is 0 Å². The first-order valence-electron chi connectivity index (χ1n) is 7.94. The van der Waals surface area contributed by atoms with Gasteiger partial charge in [0, 0.05) is 29.5 Å². The first kappa shape index (κ1) is 15.1. The minimum Gasteiger partial charge on any atom is -0.461 e. The highest BCUT2D eigenvalue weighted by molar-refractivity contribution is 5.82. The molecule has 110 valence electrons. The van der Waals surface area contributed by atoms with Gasteiger partial charge in [-0.25, -0.2) is 0 Å². The molecule has 1 aromatic heterocycles. The summed E-state index contributed by atoms with van der Waals surface area (Å²) in [5, 5.41) is 5.05. The molecule has 0 aliphatic heterocycles. The highest BCUT2D eigenvalue weighted by atomic mass is 16.3. The summed E-state index contributed by atoms with van der Waals surface area (Å²) in [6, 6.07) is 8.36. The smallest absolute Gasteiger partial charge is 0.134 e. The summed E-state index contributed by atoms with van der Waals surface area (Å²) in [7, 11) is 0.